The molecule has 0 aliphatic carbocycles. The van der Waals surface area contributed by atoms with Gasteiger partial charge in [0.1, 0.15) is 0 Å². The van der Waals surface area contributed by atoms with Gasteiger partial charge < -0.3 is 15.5 Å². The molecule has 2 aliphatic heterocycles. The Morgan fingerprint density at radius 1 is 1.29 bits per heavy atom. The molecule has 2 aromatic rings. The summed E-state index contributed by atoms with van der Waals surface area (Å²) >= 11 is 3.39. The Kier molecular flexibility index (Phi) is 7.85. The zero-order valence-corrected chi connectivity index (χ0v) is 19.8. The fraction of sp³-hybridized carbons (Fsp3) is 0.609. The topological polar surface area (TPSA) is 74.3 Å². The fourth-order valence-corrected chi connectivity index (χ4v) is 6.43. The van der Waals surface area contributed by atoms with Crippen LogP contribution in [0.3, 0.4) is 0 Å². The highest BCUT2D eigenvalue weighted by Crippen LogP contribution is 2.26. The third-order valence-corrected chi connectivity index (χ3v) is 8.59. The summed E-state index contributed by atoms with van der Waals surface area (Å²) in [4.78, 5) is 31.8. The number of rotatable bonds is 8. The van der Waals surface area contributed by atoms with Crippen molar-refractivity contribution >= 4 is 45.0 Å². The molecule has 6 nitrogen and oxygen atoms in total. The van der Waals surface area contributed by atoms with Gasteiger partial charge in [-0.3, -0.25) is 14.6 Å². The average Bonchev–Trinajstić information content (AvgIpc) is 3.39. The molecule has 8 heteroatoms. The molecule has 0 aromatic carbocycles. The zero-order valence-electron chi connectivity index (χ0n) is 18.1. The number of hydrogen-bond acceptors (Lipinski definition) is 6. The number of likely N-dealkylation sites (tertiary alicyclic amines) is 1. The first kappa shape index (κ1) is 22.6. The van der Waals surface area contributed by atoms with Crippen LogP contribution in [0.5, 0.6) is 0 Å². The van der Waals surface area contributed by atoms with Crippen molar-refractivity contribution < 1.29 is 9.59 Å². The minimum absolute atomic E-state index is 0.0116. The molecule has 168 valence electrons. The summed E-state index contributed by atoms with van der Waals surface area (Å²) in [5.74, 6) is 2.07. The summed E-state index contributed by atoms with van der Waals surface area (Å²) in [5, 5.41) is 8.07. The summed E-state index contributed by atoms with van der Waals surface area (Å²) in [6.45, 7) is 4.67. The average molecular weight is 461 g/mol. The molecule has 2 amide bonds. The van der Waals surface area contributed by atoms with Crippen molar-refractivity contribution in [2.24, 2.45) is 5.92 Å². The molecule has 0 radical (unpaired) electrons. The molecule has 4 heterocycles. The van der Waals surface area contributed by atoms with Gasteiger partial charge in [0, 0.05) is 50.2 Å². The number of nitrogens with one attached hydrogen (secondary N) is 2. The fourth-order valence-electron chi connectivity index (χ4n) is 4.46. The van der Waals surface area contributed by atoms with E-state index in [9.17, 15) is 9.59 Å². The molecule has 4 rings (SSSR count). The lowest BCUT2D eigenvalue weighted by Gasteiger charge is -2.32. The number of amides is 2. The Morgan fingerprint density at radius 2 is 2.13 bits per heavy atom. The minimum Gasteiger partial charge on any atom is -0.351 e. The van der Waals surface area contributed by atoms with E-state index < -0.39 is 0 Å². The highest BCUT2D eigenvalue weighted by atomic mass is 32.2. The second-order valence-corrected chi connectivity index (χ2v) is 11.1. The predicted molar refractivity (Wildman–Crippen MR) is 129 cm³/mol. The lowest BCUT2D eigenvalue weighted by molar-refractivity contribution is -0.133. The van der Waals surface area contributed by atoms with E-state index in [-0.39, 0.29) is 5.91 Å². The maximum Gasteiger partial charge on any atom is 0.261 e. The minimum atomic E-state index is 0.0116. The second kappa shape index (κ2) is 10.8. The smallest absolute Gasteiger partial charge is 0.261 e. The number of nitrogens with zero attached hydrogens (tertiary/aromatic N) is 2. The number of thiophene rings is 1. The molecule has 2 aromatic heterocycles. The number of carbonyl (C=O) groups excluding carboxylic acids is 2. The molecule has 2 saturated heterocycles. The first-order chi connectivity index (χ1) is 15.1. The summed E-state index contributed by atoms with van der Waals surface area (Å²) in [6, 6.07) is 4.21. The molecule has 2 atom stereocenters. The molecule has 0 saturated carbocycles. The Balaban J connectivity index is 1.08. The molecule has 2 fully saturated rings. The quantitative estimate of drug-likeness (QED) is 0.585. The van der Waals surface area contributed by atoms with Crippen LogP contribution in [-0.2, 0) is 4.79 Å². The summed E-state index contributed by atoms with van der Waals surface area (Å²) in [5.41, 5.74) is 0. The highest BCUT2D eigenvalue weighted by Gasteiger charge is 2.27. The van der Waals surface area contributed by atoms with Gasteiger partial charge in [-0.1, -0.05) is 12.8 Å². The monoisotopic (exact) mass is 460 g/mol. The first-order valence-electron chi connectivity index (χ1n) is 11.4. The van der Waals surface area contributed by atoms with Crippen molar-refractivity contribution in [2.45, 2.75) is 56.9 Å². The molecule has 31 heavy (non-hydrogen) atoms. The number of hydrogen-bond donors (Lipinski definition) is 2. The Labute approximate surface area is 192 Å². The Hall–Kier alpha value is -1.64. The van der Waals surface area contributed by atoms with Crippen LogP contribution in [0.1, 0.15) is 55.1 Å². The molecule has 0 spiro atoms. The number of thioether (sulfide) groups is 1. The molecule has 2 N–H and O–H groups in total. The number of unbranched alkanes of at least 4 members (excludes halogenated alkanes) is 1. The van der Waals surface area contributed by atoms with Crippen LogP contribution in [0.4, 0.5) is 0 Å². The second-order valence-electron chi connectivity index (χ2n) is 8.64. The Bertz CT molecular complexity index is 862. The maximum absolute atomic E-state index is 12.5. The van der Waals surface area contributed by atoms with E-state index in [0.29, 0.717) is 36.2 Å². The van der Waals surface area contributed by atoms with E-state index in [1.54, 1.807) is 12.4 Å². The summed E-state index contributed by atoms with van der Waals surface area (Å²) < 4.78 is 1.05. The third-order valence-electron chi connectivity index (χ3n) is 6.28. The normalized spacial score (nSPS) is 22.2. The lowest BCUT2D eigenvalue weighted by Crippen LogP contribution is -2.42. The van der Waals surface area contributed by atoms with Crippen LogP contribution in [0.15, 0.2) is 24.5 Å². The number of fused-ring (bicyclic) bond motifs is 1. The van der Waals surface area contributed by atoms with Gasteiger partial charge in [0.05, 0.1) is 15.0 Å². The Morgan fingerprint density at radius 3 is 2.87 bits per heavy atom. The van der Waals surface area contributed by atoms with Gasteiger partial charge in [0.2, 0.25) is 5.91 Å². The van der Waals surface area contributed by atoms with Gasteiger partial charge in [0.25, 0.3) is 5.91 Å². The van der Waals surface area contributed by atoms with Gasteiger partial charge in [0.15, 0.2) is 0 Å². The first-order valence-corrected chi connectivity index (χ1v) is 13.2. The van der Waals surface area contributed by atoms with Crippen molar-refractivity contribution in [3.63, 3.8) is 0 Å². The van der Waals surface area contributed by atoms with Crippen LogP contribution in [0.2, 0.25) is 0 Å². The number of carbonyl (C=O) groups is 2. The van der Waals surface area contributed by atoms with Crippen LogP contribution in [0.25, 0.3) is 10.1 Å². The van der Waals surface area contributed by atoms with E-state index >= 15 is 0 Å². The van der Waals surface area contributed by atoms with Crippen molar-refractivity contribution in [2.75, 3.05) is 25.4 Å². The third kappa shape index (κ3) is 6.20. The van der Waals surface area contributed by atoms with Gasteiger partial charge in [-0.15, -0.1) is 23.1 Å². The SMILES string of the molecule is CC1NC(CC(=O)N2CCC(CCCCNC(=O)c3cc4ccncc4s3)CC2)CS1. The van der Waals surface area contributed by atoms with E-state index in [4.69, 9.17) is 0 Å². The van der Waals surface area contributed by atoms with E-state index in [1.807, 2.05) is 23.9 Å². The molecule has 2 unspecified atom stereocenters. The molecule has 0 bridgehead atoms. The zero-order chi connectivity index (χ0) is 21.6. The van der Waals surface area contributed by atoms with Crippen LogP contribution in [0, 0.1) is 5.92 Å². The maximum atomic E-state index is 12.5. The van der Waals surface area contributed by atoms with Gasteiger partial charge in [-0.2, -0.15) is 0 Å². The standard InChI is InChI=1S/C23H32N4O2S2/c1-16-26-19(15-30-16)13-22(28)27-10-6-17(7-11-27)4-2-3-8-25-23(29)20-12-18-5-9-24-14-21(18)31-20/h5,9,12,14,16-17,19,26H,2-4,6-8,10-11,13,15H2,1H3,(H,25,29). The van der Waals surface area contributed by atoms with Crippen molar-refractivity contribution in [1.82, 2.24) is 20.5 Å². The molecular formula is C23H32N4O2S2. The molecule has 2 aliphatic rings. The highest BCUT2D eigenvalue weighted by molar-refractivity contribution is 8.00. The van der Waals surface area contributed by atoms with Crippen LogP contribution >= 0.6 is 23.1 Å². The van der Waals surface area contributed by atoms with E-state index in [1.165, 1.54) is 17.8 Å². The van der Waals surface area contributed by atoms with Gasteiger partial charge >= 0.3 is 0 Å². The van der Waals surface area contributed by atoms with Gasteiger partial charge in [-0.05, 0) is 49.6 Å². The largest absolute Gasteiger partial charge is 0.351 e. The van der Waals surface area contributed by atoms with Crippen LogP contribution in [-0.4, -0.2) is 58.5 Å². The molecular weight excluding hydrogens is 428 g/mol. The van der Waals surface area contributed by atoms with Crippen LogP contribution < -0.4 is 10.6 Å². The summed E-state index contributed by atoms with van der Waals surface area (Å²) in [6.07, 6.45) is 9.72. The lowest BCUT2D eigenvalue weighted by atomic mass is 9.91. The number of pyridine rings is 1. The van der Waals surface area contributed by atoms with E-state index in [0.717, 1.165) is 59.5 Å². The summed E-state index contributed by atoms with van der Waals surface area (Å²) in [7, 11) is 0. The van der Waals surface area contributed by atoms with E-state index in [2.05, 4.69) is 27.4 Å². The van der Waals surface area contributed by atoms with Crippen molar-refractivity contribution in [3.05, 3.63) is 29.4 Å². The number of piperidine rings is 1. The predicted octanol–water partition coefficient (Wildman–Crippen LogP) is 3.88. The van der Waals surface area contributed by atoms with Crippen molar-refractivity contribution in [1.29, 1.82) is 0 Å². The van der Waals surface area contributed by atoms with Crippen molar-refractivity contribution in [3.8, 4) is 0 Å². The number of aromatic nitrogens is 1. The van der Waals surface area contributed by atoms with Gasteiger partial charge in [-0.25, -0.2) is 0 Å².